The van der Waals surface area contributed by atoms with E-state index >= 15 is 0 Å². The summed E-state index contributed by atoms with van der Waals surface area (Å²) in [7, 11) is 0. The van der Waals surface area contributed by atoms with Gasteiger partial charge in [0.15, 0.2) is 0 Å². The predicted octanol–water partition coefficient (Wildman–Crippen LogP) is 3.43. The van der Waals surface area contributed by atoms with Gasteiger partial charge in [-0.1, -0.05) is 24.3 Å². The SMILES string of the molecule is CC1=C(C)[C@@]2(C)OO[C@]1(C)c1ccccc12. The zero-order valence-corrected chi connectivity index (χ0v) is 10.1. The van der Waals surface area contributed by atoms with E-state index in [0.717, 1.165) is 0 Å². The second-order valence-corrected chi connectivity index (χ2v) is 5.03. The zero-order valence-electron chi connectivity index (χ0n) is 10.1. The van der Waals surface area contributed by atoms with Gasteiger partial charge >= 0.3 is 0 Å². The van der Waals surface area contributed by atoms with Crippen molar-refractivity contribution in [1.29, 1.82) is 0 Å². The third-order valence-corrected chi connectivity index (χ3v) is 4.32. The van der Waals surface area contributed by atoms with E-state index in [1.165, 1.54) is 22.3 Å². The molecule has 2 atom stereocenters. The topological polar surface area (TPSA) is 18.5 Å². The Morgan fingerprint density at radius 2 is 1.19 bits per heavy atom. The number of rotatable bonds is 0. The first-order valence-corrected chi connectivity index (χ1v) is 5.65. The van der Waals surface area contributed by atoms with Crippen molar-refractivity contribution in [2.45, 2.75) is 38.9 Å². The molecule has 0 amide bonds. The van der Waals surface area contributed by atoms with Crippen LogP contribution in [0.3, 0.4) is 0 Å². The molecule has 2 bridgehead atoms. The summed E-state index contributed by atoms with van der Waals surface area (Å²) >= 11 is 0. The van der Waals surface area contributed by atoms with Crippen LogP contribution in [0.25, 0.3) is 0 Å². The molecule has 0 saturated carbocycles. The third-order valence-electron chi connectivity index (χ3n) is 4.32. The van der Waals surface area contributed by atoms with E-state index in [0.29, 0.717) is 0 Å². The van der Waals surface area contributed by atoms with Crippen LogP contribution in [0.2, 0.25) is 0 Å². The molecule has 0 spiro atoms. The van der Waals surface area contributed by atoms with E-state index < -0.39 is 11.2 Å². The van der Waals surface area contributed by atoms with E-state index in [1.807, 2.05) is 0 Å². The lowest BCUT2D eigenvalue weighted by Crippen LogP contribution is -2.48. The lowest BCUT2D eigenvalue weighted by molar-refractivity contribution is -0.422. The molecule has 2 heterocycles. The van der Waals surface area contributed by atoms with Crippen LogP contribution in [0.1, 0.15) is 38.8 Å². The van der Waals surface area contributed by atoms with Crippen molar-refractivity contribution < 1.29 is 9.78 Å². The Labute approximate surface area is 95.8 Å². The zero-order chi connectivity index (χ0) is 11.6. The fourth-order valence-corrected chi connectivity index (χ4v) is 2.82. The Morgan fingerprint density at radius 3 is 1.56 bits per heavy atom. The molecule has 1 aliphatic carbocycles. The molecular weight excluding hydrogens is 200 g/mol. The minimum Gasteiger partial charge on any atom is -0.220 e. The van der Waals surface area contributed by atoms with Crippen LogP contribution in [0.4, 0.5) is 0 Å². The summed E-state index contributed by atoms with van der Waals surface area (Å²) in [4.78, 5) is 11.2. The second kappa shape index (κ2) is 2.76. The summed E-state index contributed by atoms with van der Waals surface area (Å²) < 4.78 is 0. The van der Waals surface area contributed by atoms with E-state index in [1.54, 1.807) is 0 Å². The molecule has 0 N–H and O–H groups in total. The van der Waals surface area contributed by atoms with Crippen LogP contribution in [-0.4, -0.2) is 0 Å². The van der Waals surface area contributed by atoms with Gasteiger partial charge < -0.3 is 0 Å². The highest BCUT2D eigenvalue weighted by atomic mass is 17.2. The number of fused-ring (bicyclic) bond motifs is 1. The molecule has 2 heteroatoms. The van der Waals surface area contributed by atoms with Gasteiger partial charge in [0.25, 0.3) is 0 Å². The summed E-state index contributed by atoms with van der Waals surface area (Å²) in [5.74, 6) is 0. The number of hydrogen-bond acceptors (Lipinski definition) is 2. The van der Waals surface area contributed by atoms with Crippen LogP contribution in [-0.2, 0) is 21.0 Å². The highest BCUT2D eigenvalue weighted by Gasteiger charge is 2.53. The molecular formula is C14H16O2. The number of hydrogen-bond donors (Lipinski definition) is 0. The normalized spacial score (nSPS) is 36.5. The summed E-state index contributed by atoms with van der Waals surface area (Å²) in [6.45, 7) is 8.41. The molecule has 0 fully saturated rings. The molecule has 0 aromatic heterocycles. The molecule has 84 valence electrons. The van der Waals surface area contributed by atoms with Crippen molar-refractivity contribution in [1.82, 2.24) is 0 Å². The minimum absolute atomic E-state index is 0.418. The van der Waals surface area contributed by atoms with E-state index in [2.05, 4.69) is 52.0 Å². The molecule has 4 rings (SSSR count). The van der Waals surface area contributed by atoms with Crippen LogP contribution in [0.15, 0.2) is 35.4 Å². The maximum atomic E-state index is 5.62. The molecule has 16 heavy (non-hydrogen) atoms. The monoisotopic (exact) mass is 216 g/mol. The third kappa shape index (κ3) is 0.902. The van der Waals surface area contributed by atoms with Crippen molar-refractivity contribution in [3.63, 3.8) is 0 Å². The highest BCUT2D eigenvalue weighted by Crippen LogP contribution is 2.55. The Balaban J connectivity index is 2.40. The lowest BCUT2D eigenvalue weighted by atomic mass is 9.69. The molecule has 1 aromatic carbocycles. The van der Waals surface area contributed by atoms with Crippen LogP contribution >= 0.6 is 0 Å². The Morgan fingerprint density at radius 1 is 0.812 bits per heavy atom. The van der Waals surface area contributed by atoms with Crippen LogP contribution in [0.5, 0.6) is 0 Å². The molecule has 2 nitrogen and oxygen atoms in total. The van der Waals surface area contributed by atoms with Gasteiger partial charge in [-0.05, 0) is 50.0 Å². The largest absolute Gasteiger partial charge is 0.220 e. The van der Waals surface area contributed by atoms with Crippen molar-refractivity contribution in [3.05, 3.63) is 46.5 Å². The second-order valence-electron chi connectivity index (χ2n) is 5.03. The van der Waals surface area contributed by atoms with Gasteiger partial charge in [0.2, 0.25) is 0 Å². The summed E-state index contributed by atoms with van der Waals surface area (Å²) in [6.07, 6.45) is 0. The summed E-state index contributed by atoms with van der Waals surface area (Å²) in [6, 6.07) is 8.37. The van der Waals surface area contributed by atoms with Gasteiger partial charge in [-0.3, -0.25) is 0 Å². The molecule has 0 saturated heterocycles. The van der Waals surface area contributed by atoms with Gasteiger partial charge in [0, 0.05) is 0 Å². The van der Waals surface area contributed by atoms with Crippen molar-refractivity contribution in [2.75, 3.05) is 0 Å². The Hall–Kier alpha value is -1.12. The Kier molecular flexibility index (Phi) is 1.74. The van der Waals surface area contributed by atoms with Gasteiger partial charge in [-0.25, -0.2) is 9.78 Å². The fraction of sp³-hybridized carbons (Fsp3) is 0.429. The summed E-state index contributed by atoms with van der Waals surface area (Å²) in [5, 5.41) is 0. The first-order valence-electron chi connectivity index (χ1n) is 5.65. The Bertz CT molecular complexity index is 458. The first kappa shape index (κ1) is 10.1. The molecule has 0 radical (unpaired) electrons. The van der Waals surface area contributed by atoms with Crippen molar-refractivity contribution in [3.8, 4) is 0 Å². The number of benzene rings is 1. The van der Waals surface area contributed by atoms with Crippen molar-refractivity contribution in [2.24, 2.45) is 0 Å². The molecule has 1 aromatic rings. The lowest BCUT2D eigenvalue weighted by Gasteiger charge is -2.50. The standard InChI is InChI=1S/C14H16O2/c1-9-10(2)14(4)12-8-6-5-7-11(12)13(9,3)15-16-14/h5-8H,1-4H3/t13-,14+. The van der Waals surface area contributed by atoms with Gasteiger partial charge in [-0.2, -0.15) is 0 Å². The highest BCUT2D eigenvalue weighted by molar-refractivity contribution is 5.52. The van der Waals surface area contributed by atoms with Gasteiger partial charge in [-0.15, -0.1) is 0 Å². The quantitative estimate of drug-likeness (QED) is 0.488. The van der Waals surface area contributed by atoms with E-state index in [9.17, 15) is 0 Å². The smallest absolute Gasteiger partial charge is 0.147 e. The molecule has 0 unspecified atom stereocenters. The summed E-state index contributed by atoms with van der Waals surface area (Å²) in [5.41, 5.74) is 4.15. The van der Waals surface area contributed by atoms with Gasteiger partial charge in [0.1, 0.15) is 11.2 Å². The minimum atomic E-state index is -0.418. The van der Waals surface area contributed by atoms with Crippen LogP contribution in [0, 0.1) is 0 Å². The van der Waals surface area contributed by atoms with Gasteiger partial charge in [0.05, 0.1) is 0 Å². The van der Waals surface area contributed by atoms with Crippen molar-refractivity contribution >= 4 is 0 Å². The van der Waals surface area contributed by atoms with Crippen LogP contribution < -0.4 is 0 Å². The van der Waals surface area contributed by atoms with E-state index in [4.69, 9.17) is 9.78 Å². The predicted molar refractivity (Wildman–Crippen MR) is 61.7 cm³/mol. The maximum absolute atomic E-state index is 5.62. The molecule has 3 aliphatic rings. The van der Waals surface area contributed by atoms with E-state index in [-0.39, 0.29) is 0 Å². The average molecular weight is 216 g/mol. The average Bonchev–Trinajstić information content (AvgIpc) is 2.31. The fourth-order valence-electron chi connectivity index (χ4n) is 2.82. The first-order chi connectivity index (χ1) is 7.50. The maximum Gasteiger partial charge on any atom is 0.147 e. The molecule has 2 aliphatic heterocycles.